The highest BCUT2D eigenvalue weighted by Crippen LogP contribution is 2.11. The molecule has 0 aromatic carbocycles. The molecule has 1 heterocycles. The minimum Gasteiger partial charge on any atom is -0.252 e. The molecule has 2 heteroatoms. The van der Waals surface area contributed by atoms with Crippen molar-refractivity contribution in [2.45, 2.75) is 38.8 Å². The van der Waals surface area contributed by atoms with E-state index in [1.165, 1.54) is 12.8 Å². The fourth-order valence-electron chi connectivity index (χ4n) is 1.22. The number of hydrogen-bond acceptors (Lipinski definition) is 2. The average molecular weight is 128 g/mol. The van der Waals surface area contributed by atoms with E-state index >= 15 is 0 Å². The van der Waals surface area contributed by atoms with E-state index in [9.17, 15) is 0 Å². The van der Waals surface area contributed by atoms with Crippen LogP contribution in [0.5, 0.6) is 0 Å². The molecule has 2 nitrogen and oxygen atoms in total. The highest BCUT2D eigenvalue weighted by atomic mass is 15.5. The van der Waals surface area contributed by atoms with Crippen molar-refractivity contribution >= 4 is 0 Å². The third kappa shape index (κ3) is 1.66. The smallest absolute Gasteiger partial charge is 0.0212 e. The number of nitrogens with one attached hydrogen (secondary N) is 1. The summed E-state index contributed by atoms with van der Waals surface area (Å²) in [5, 5.41) is 2.20. The van der Waals surface area contributed by atoms with Crippen molar-refractivity contribution in [3.05, 3.63) is 0 Å². The fraction of sp³-hybridized carbons (Fsp3) is 1.00. The van der Waals surface area contributed by atoms with Crippen LogP contribution < -0.4 is 5.43 Å². The van der Waals surface area contributed by atoms with E-state index in [0.717, 1.165) is 0 Å². The van der Waals surface area contributed by atoms with Gasteiger partial charge in [0.05, 0.1) is 0 Å². The zero-order valence-electron chi connectivity index (χ0n) is 6.52. The van der Waals surface area contributed by atoms with Crippen LogP contribution >= 0.6 is 0 Å². The lowest BCUT2D eigenvalue weighted by Gasteiger charge is -2.34. The Morgan fingerprint density at radius 3 is 2.44 bits per heavy atom. The van der Waals surface area contributed by atoms with Crippen molar-refractivity contribution in [2.24, 2.45) is 0 Å². The van der Waals surface area contributed by atoms with Gasteiger partial charge in [0, 0.05) is 19.1 Å². The monoisotopic (exact) mass is 128 g/mol. The third-order valence-electron chi connectivity index (χ3n) is 2.10. The SMILES string of the molecule is CC1CCC(C)N(C)N1. The first-order chi connectivity index (χ1) is 4.20. The summed E-state index contributed by atoms with van der Waals surface area (Å²) in [5.41, 5.74) is 3.36. The molecule has 1 rings (SSSR count). The first kappa shape index (κ1) is 7.03. The Morgan fingerprint density at radius 2 is 2.00 bits per heavy atom. The Kier molecular flexibility index (Phi) is 2.09. The Labute approximate surface area is 57.2 Å². The van der Waals surface area contributed by atoms with Gasteiger partial charge in [-0.05, 0) is 26.7 Å². The maximum Gasteiger partial charge on any atom is 0.0212 e. The van der Waals surface area contributed by atoms with E-state index in [-0.39, 0.29) is 0 Å². The Bertz CT molecular complexity index is 92.9. The van der Waals surface area contributed by atoms with Crippen LogP contribution in [-0.2, 0) is 0 Å². The summed E-state index contributed by atoms with van der Waals surface area (Å²) in [6.45, 7) is 4.47. The molecule has 1 aliphatic rings. The lowest BCUT2D eigenvalue weighted by Crippen LogP contribution is -2.50. The normalized spacial score (nSPS) is 39.0. The van der Waals surface area contributed by atoms with Gasteiger partial charge in [-0.1, -0.05) is 0 Å². The zero-order chi connectivity index (χ0) is 6.85. The first-order valence-corrected chi connectivity index (χ1v) is 3.69. The number of hydrazine groups is 1. The number of hydrogen-bond donors (Lipinski definition) is 1. The zero-order valence-corrected chi connectivity index (χ0v) is 6.52. The number of nitrogens with zero attached hydrogens (tertiary/aromatic N) is 1. The second kappa shape index (κ2) is 2.67. The molecule has 2 atom stereocenters. The van der Waals surface area contributed by atoms with Crippen LogP contribution in [-0.4, -0.2) is 24.1 Å². The van der Waals surface area contributed by atoms with Crippen LogP contribution in [0.2, 0.25) is 0 Å². The van der Waals surface area contributed by atoms with E-state index in [2.05, 4.69) is 31.3 Å². The molecule has 0 saturated carbocycles. The summed E-state index contributed by atoms with van der Waals surface area (Å²) in [4.78, 5) is 0. The van der Waals surface area contributed by atoms with Gasteiger partial charge in [0.25, 0.3) is 0 Å². The van der Waals surface area contributed by atoms with Gasteiger partial charge in [0.15, 0.2) is 0 Å². The van der Waals surface area contributed by atoms with Gasteiger partial charge < -0.3 is 0 Å². The van der Waals surface area contributed by atoms with Gasteiger partial charge in [0.2, 0.25) is 0 Å². The van der Waals surface area contributed by atoms with Crippen LogP contribution in [0, 0.1) is 0 Å². The van der Waals surface area contributed by atoms with Gasteiger partial charge >= 0.3 is 0 Å². The van der Waals surface area contributed by atoms with Crippen LogP contribution in [0.25, 0.3) is 0 Å². The number of rotatable bonds is 0. The highest BCUT2D eigenvalue weighted by Gasteiger charge is 2.17. The molecule has 9 heavy (non-hydrogen) atoms. The summed E-state index contributed by atoms with van der Waals surface area (Å²) in [5.74, 6) is 0. The van der Waals surface area contributed by atoms with Crippen molar-refractivity contribution in [2.75, 3.05) is 7.05 Å². The molecule has 0 radical (unpaired) electrons. The molecule has 0 aromatic heterocycles. The van der Waals surface area contributed by atoms with Crippen LogP contribution in [0.15, 0.2) is 0 Å². The maximum absolute atomic E-state index is 3.36. The maximum atomic E-state index is 3.36. The molecule has 1 N–H and O–H groups in total. The predicted octanol–water partition coefficient (Wildman–Crippen LogP) is 0.994. The fourth-order valence-corrected chi connectivity index (χ4v) is 1.22. The van der Waals surface area contributed by atoms with Crippen LogP contribution in [0.3, 0.4) is 0 Å². The van der Waals surface area contributed by atoms with E-state index in [1.54, 1.807) is 0 Å². The molecule has 0 aliphatic carbocycles. The van der Waals surface area contributed by atoms with Crippen molar-refractivity contribution in [1.29, 1.82) is 0 Å². The van der Waals surface area contributed by atoms with Crippen LogP contribution in [0.4, 0.5) is 0 Å². The third-order valence-corrected chi connectivity index (χ3v) is 2.10. The van der Waals surface area contributed by atoms with E-state index in [1.807, 2.05) is 0 Å². The highest BCUT2D eigenvalue weighted by molar-refractivity contribution is 4.71. The molecule has 0 aromatic rings. The second-order valence-corrected chi connectivity index (χ2v) is 3.07. The molecule has 0 bridgehead atoms. The lowest BCUT2D eigenvalue weighted by molar-refractivity contribution is 0.0981. The molecule has 1 fully saturated rings. The molecular weight excluding hydrogens is 112 g/mol. The first-order valence-electron chi connectivity index (χ1n) is 3.69. The minimum absolute atomic E-state index is 0.672. The molecule has 1 aliphatic heterocycles. The standard InChI is InChI=1S/C7H16N2/c1-6-4-5-7(2)9(3)8-6/h6-8H,4-5H2,1-3H3. The van der Waals surface area contributed by atoms with Gasteiger partial charge in [-0.25, -0.2) is 5.01 Å². The van der Waals surface area contributed by atoms with Gasteiger partial charge in [-0.2, -0.15) is 0 Å². The Hall–Kier alpha value is -0.0800. The van der Waals surface area contributed by atoms with Gasteiger partial charge in [-0.3, -0.25) is 5.43 Å². The average Bonchev–Trinajstić information content (AvgIpc) is 1.80. The van der Waals surface area contributed by atoms with Crippen molar-refractivity contribution in [1.82, 2.24) is 10.4 Å². The van der Waals surface area contributed by atoms with Crippen molar-refractivity contribution in [3.63, 3.8) is 0 Å². The quantitative estimate of drug-likeness (QED) is 0.523. The van der Waals surface area contributed by atoms with E-state index < -0.39 is 0 Å². The molecule has 0 spiro atoms. The summed E-state index contributed by atoms with van der Waals surface area (Å²) >= 11 is 0. The summed E-state index contributed by atoms with van der Waals surface area (Å²) < 4.78 is 0. The molecule has 2 unspecified atom stereocenters. The van der Waals surface area contributed by atoms with Crippen molar-refractivity contribution < 1.29 is 0 Å². The van der Waals surface area contributed by atoms with Crippen molar-refractivity contribution in [3.8, 4) is 0 Å². The minimum atomic E-state index is 0.672. The molecule has 54 valence electrons. The van der Waals surface area contributed by atoms with Gasteiger partial charge in [0.1, 0.15) is 0 Å². The lowest BCUT2D eigenvalue weighted by atomic mass is 10.1. The molecule has 0 amide bonds. The Morgan fingerprint density at radius 1 is 1.33 bits per heavy atom. The van der Waals surface area contributed by atoms with E-state index in [4.69, 9.17) is 0 Å². The predicted molar refractivity (Wildman–Crippen MR) is 39.1 cm³/mol. The largest absolute Gasteiger partial charge is 0.252 e. The summed E-state index contributed by atoms with van der Waals surface area (Å²) in [7, 11) is 2.11. The topological polar surface area (TPSA) is 15.3 Å². The molecular formula is C7H16N2. The second-order valence-electron chi connectivity index (χ2n) is 3.07. The summed E-state index contributed by atoms with van der Waals surface area (Å²) in [6.07, 6.45) is 2.64. The van der Waals surface area contributed by atoms with E-state index in [0.29, 0.717) is 12.1 Å². The van der Waals surface area contributed by atoms with Crippen LogP contribution in [0.1, 0.15) is 26.7 Å². The molecule has 1 saturated heterocycles. The Balaban J connectivity index is 2.35. The summed E-state index contributed by atoms with van der Waals surface area (Å²) in [6, 6.07) is 1.38. The van der Waals surface area contributed by atoms with Gasteiger partial charge in [-0.15, -0.1) is 0 Å².